The third-order valence-electron chi connectivity index (χ3n) is 3.42. The van der Waals surface area contributed by atoms with Crippen LogP contribution in [-0.2, 0) is 0 Å². The van der Waals surface area contributed by atoms with E-state index < -0.39 is 8.46 Å². The minimum atomic E-state index is -1.91. The summed E-state index contributed by atoms with van der Waals surface area (Å²) < 4.78 is 39.8. The first-order chi connectivity index (χ1) is 11.0. The van der Waals surface area contributed by atoms with Crippen molar-refractivity contribution in [2.24, 2.45) is 0 Å². The molecule has 3 aromatic carbocycles. The van der Waals surface area contributed by atoms with Crippen LogP contribution in [0.25, 0.3) is 0 Å². The second kappa shape index (κ2) is 6.42. The highest BCUT2D eigenvalue weighted by Gasteiger charge is 2.28. The first-order valence-electron chi connectivity index (χ1n) is 6.80. The average molecular weight is 397 g/mol. The standard InChI is InChI=1S/C18H12BrF3S/c19-23(16-7-1-13(20)2-8-16,17-9-3-14(21)4-10-17)18-11-5-15(22)6-12-18/h1-12H. The topological polar surface area (TPSA) is 0 Å². The lowest BCUT2D eigenvalue weighted by atomic mass is 10.3. The Hall–Kier alpha value is -1.72. The summed E-state index contributed by atoms with van der Waals surface area (Å²) in [5.74, 6) is -0.997. The van der Waals surface area contributed by atoms with Crippen LogP contribution < -0.4 is 0 Å². The maximum Gasteiger partial charge on any atom is 0.123 e. The number of rotatable bonds is 3. The van der Waals surface area contributed by atoms with Crippen molar-refractivity contribution < 1.29 is 13.2 Å². The fourth-order valence-corrected chi connectivity index (χ4v) is 6.57. The third kappa shape index (κ3) is 3.16. The third-order valence-corrected chi connectivity index (χ3v) is 9.54. The lowest BCUT2D eigenvalue weighted by Crippen LogP contribution is -1.97. The van der Waals surface area contributed by atoms with Gasteiger partial charge >= 0.3 is 0 Å². The zero-order valence-corrected chi connectivity index (χ0v) is 14.3. The first-order valence-corrected chi connectivity index (χ1v) is 10.3. The van der Waals surface area contributed by atoms with Crippen molar-refractivity contribution in [1.82, 2.24) is 0 Å². The highest BCUT2D eigenvalue weighted by molar-refractivity contribution is 9.58. The smallest absolute Gasteiger partial charge is 0.123 e. The van der Waals surface area contributed by atoms with E-state index in [2.05, 4.69) is 14.8 Å². The van der Waals surface area contributed by atoms with Gasteiger partial charge in [-0.3, -0.25) is 0 Å². The molecule has 3 rings (SSSR count). The molecule has 0 aromatic heterocycles. The molecule has 5 heteroatoms. The number of benzene rings is 3. The van der Waals surface area contributed by atoms with E-state index in [1.807, 2.05) is 0 Å². The molecule has 0 N–H and O–H groups in total. The van der Waals surface area contributed by atoms with Crippen LogP contribution in [0.2, 0.25) is 0 Å². The van der Waals surface area contributed by atoms with Gasteiger partial charge in [0.2, 0.25) is 0 Å². The zero-order chi connectivity index (χ0) is 16.4. The molecule has 0 fully saturated rings. The van der Waals surface area contributed by atoms with Crippen LogP contribution in [0.15, 0.2) is 87.5 Å². The summed E-state index contributed by atoms with van der Waals surface area (Å²) in [7, 11) is -1.91. The van der Waals surface area contributed by atoms with Gasteiger partial charge in [0.25, 0.3) is 0 Å². The molecule has 23 heavy (non-hydrogen) atoms. The van der Waals surface area contributed by atoms with Crippen LogP contribution in [0.5, 0.6) is 0 Å². The van der Waals surface area contributed by atoms with Gasteiger partial charge in [-0.25, -0.2) is 13.2 Å². The molecule has 3 aromatic rings. The fourth-order valence-electron chi connectivity index (χ4n) is 2.27. The van der Waals surface area contributed by atoms with Crippen LogP contribution in [-0.4, -0.2) is 0 Å². The van der Waals surface area contributed by atoms with E-state index in [1.165, 1.54) is 36.4 Å². The van der Waals surface area contributed by atoms with E-state index >= 15 is 0 Å². The Morgan fingerprint density at radius 3 is 0.913 bits per heavy atom. The zero-order valence-electron chi connectivity index (χ0n) is 11.8. The molecular weight excluding hydrogens is 385 g/mol. The number of hydrogen-bond donors (Lipinski definition) is 0. The molecule has 0 amide bonds. The minimum Gasteiger partial charge on any atom is -0.207 e. The van der Waals surface area contributed by atoms with Gasteiger partial charge < -0.3 is 0 Å². The number of halogens is 4. The van der Waals surface area contributed by atoms with E-state index in [0.29, 0.717) is 0 Å². The van der Waals surface area contributed by atoms with Crippen molar-refractivity contribution in [3.05, 3.63) is 90.2 Å². The van der Waals surface area contributed by atoms with Gasteiger partial charge in [-0.1, -0.05) is 0 Å². The molecule has 0 aliphatic carbocycles. The quantitative estimate of drug-likeness (QED) is 0.462. The summed E-state index contributed by atoms with van der Waals surface area (Å²) in [6.45, 7) is 0. The van der Waals surface area contributed by atoms with Gasteiger partial charge in [-0.2, -0.15) is 0 Å². The summed E-state index contributed by atoms with van der Waals surface area (Å²) in [6, 6.07) is 18.4. The SMILES string of the molecule is Fc1ccc(S(Br)(c2ccc(F)cc2)c2ccc(F)cc2)cc1. The molecule has 0 aliphatic rings. The van der Waals surface area contributed by atoms with Crippen molar-refractivity contribution in [3.8, 4) is 0 Å². The summed E-state index contributed by atoms with van der Waals surface area (Å²) in [5.41, 5.74) is 0. The minimum absolute atomic E-state index is 0.332. The first kappa shape index (κ1) is 16.1. The maximum atomic E-state index is 13.3. The highest BCUT2D eigenvalue weighted by Crippen LogP contribution is 2.73. The van der Waals surface area contributed by atoms with Crippen LogP contribution in [0, 0.1) is 17.5 Å². The van der Waals surface area contributed by atoms with Gasteiger partial charge in [0.15, 0.2) is 0 Å². The van der Waals surface area contributed by atoms with Gasteiger partial charge in [-0.05, 0) is 87.6 Å². The van der Waals surface area contributed by atoms with E-state index in [-0.39, 0.29) is 17.5 Å². The number of hydrogen-bond acceptors (Lipinski definition) is 0. The molecule has 0 atom stereocenters. The van der Waals surface area contributed by atoms with Gasteiger partial charge in [-0.15, -0.1) is 8.46 Å². The second-order valence-electron chi connectivity index (χ2n) is 4.90. The predicted octanol–water partition coefficient (Wildman–Crippen LogP) is 6.70. The Morgan fingerprint density at radius 2 is 0.696 bits per heavy atom. The lowest BCUT2D eigenvalue weighted by molar-refractivity contribution is 0.626. The molecule has 118 valence electrons. The summed E-state index contributed by atoms with van der Waals surface area (Å²) >= 11 is 3.80. The molecule has 0 nitrogen and oxygen atoms in total. The molecule has 0 radical (unpaired) electrons. The van der Waals surface area contributed by atoms with Crippen LogP contribution in [0.4, 0.5) is 13.2 Å². The largest absolute Gasteiger partial charge is 0.207 e. The van der Waals surface area contributed by atoms with Crippen molar-refractivity contribution in [3.63, 3.8) is 0 Å². The summed E-state index contributed by atoms with van der Waals surface area (Å²) in [5, 5.41) is 0. The molecule has 0 spiro atoms. The van der Waals surface area contributed by atoms with Gasteiger partial charge in [0.1, 0.15) is 17.5 Å². The summed E-state index contributed by atoms with van der Waals surface area (Å²) in [4.78, 5) is 2.53. The maximum absolute atomic E-state index is 13.3. The van der Waals surface area contributed by atoms with Crippen LogP contribution >= 0.6 is 23.3 Å². The average Bonchev–Trinajstić information content (AvgIpc) is 2.56. The second-order valence-corrected chi connectivity index (χ2v) is 10.3. The van der Waals surface area contributed by atoms with Crippen molar-refractivity contribution in [2.75, 3.05) is 0 Å². The summed E-state index contributed by atoms with van der Waals surface area (Å²) in [6.07, 6.45) is 0. The van der Waals surface area contributed by atoms with E-state index in [1.54, 1.807) is 36.4 Å². The molecule has 0 unspecified atom stereocenters. The molecule has 0 bridgehead atoms. The monoisotopic (exact) mass is 396 g/mol. The molecular formula is C18H12BrF3S. The molecule has 0 saturated heterocycles. The van der Waals surface area contributed by atoms with Crippen molar-refractivity contribution in [1.29, 1.82) is 0 Å². The Balaban J connectivity index is 2.21. The van der Waals surface area contributed by atoms with E-state index in [9.17, 15) is 13.2 Å². The molecule has 0 saturated carbocycles. The normalized spacial score (nSPS) is 12.2. The lowest BCUT2D eigenvalue weighted by Gasteiger charge is -2.35. The van der Waals surface area contributed by atoms with Gasteiger partial charge in [0.05, 0.1) is 0 Å². The molecule has 0 heterocycles. The Morgan fingerprint density at radius 1 is 0.478 bits per heavy atom. The van der Waals surface area contributed by atoms with E-state index in [0.717, 1.165) is 14.7 Å². The van der Waals surface area contributed by atoms with Crippen molar-refractivity contribution >= 4 is 23.3 Å². The fraction of sp³-hybridized carbons (Fsp3) is 0. The van der Waals surface area contributed by atoms with Crippen molar-refractivity contribution in [2.45, 2.75) is 14.7 Å². The highest BCUT2D eigenvalue weighted by atomic mass is 79.9. The Labute approximate surface area is 141 Å². The van der Waals surface area contributed by atoms with Crippen LogP contribution in [0.3, 0.4) is 0 Å². The molecule has 0 aliphatic heterocycles. The Bertz CT molecular complexity index is 688. The van der Waals surface area contributed by atoms with Gasteiger partial charge in [0, 0.05) is 14.7 Å². The predicted molar refractivity (Wildman–Crippen MR) is 90.5 cm³/mol. The van der Waals surface area contributed by atoms with E-state index in [4.69, 9.17) is 0 Å². The van der Waals surface area contributed by atoms with Crippen LogP contribution in [0.1, 0.15) is 0 Å². The Kier molecular flexibility index (Phi) is 4.50.